The van der Waals surface area contributed by atoms with Gasteiger partial charge in [-0.3, -0.25) is 0 Å². The molecular formula is C19H25NO4. The first-order chi connectivity index (χ1) is 11.7. The molecule has 0 aliphatic carbocycles. The van der Waals surface area contributed by atoms with Crippen LogP contribution in [0.5, 0.6) is 17.2 Å². The molecule has 1 unspecified atom stereocenters. The van der Waals surface area contributed by atoms with Crippen LogP contribution < -0.4 is 19.5 Å². The third kappa shape index (κ3) is 4.88. The highest BCUT2D eigenvalue weighted by Crippen LogP contribution is 2.28. The van der Waals surface area contributed by atoms with Crippen molar-refractivity contribution in [2.45, 2.75) is 19.6 Å². The number of benzene rings is 2. The first-order valence-corrected chi connectivity index (χ1v) is 8.00. The second-order valence-electron chi connectivity index (χ2n) is 5.34. The average Bonchev–Trinajstić information content (AvgIpc) is 2.63. The molecule has 5 nitrogen and oxygen atoms in total. The summed E-state index contributed by atoms with van der Waals surface area (Å²) < 4.78 is 16.0. The lowest BCUT2D eigenvalue weighted by atomic mass is 10.1. The van der Waals surface area contributed by atoms with Crippen molar-refractivity contribution in [1.82, 2.24) is 5.32 Å². The van der Waals surface area contributed by atoms with Crippen molar-refractivity contribution in [1.29, 1.82) is 0 Å². The quantitative estimate of drug-likeness (QED) is 0.740. The number of rotatable bonds is 9. The van der Waals surface area contributed by atoms with Crippen LogP contribution in [0, 0.1) is 0 Å². The molecule has 0 aliphatic rings. The number of hydrogen-bond acceptors (Lipinski definition) is 5. The van der Waals surface area contributed by atoms with E-state index in [1.54, 1.807) is 14.2 Å². The molecule has 0 amide bonds. The summed E-state index contributed by atoms with van der Waals surface area (Å²) in [5.41, 5.74) is 1.92. The molecule has 130 valence electrons. The maximum atomic E-state index is 10.2. The first-order valence-electron chi connectivity index (χ1n) is 8.00. The van der Waals surface area contributed by atoms with Crippen molar-refractivity contribution < 1.29 is 19.3 Å². The minimum absolute atomic E-state index is 0.460. The fraction of sp³-hybridized carbons (Fsp3) is 0.368. The second kappa shape index (κ2) is 9.15. The molecule has 2 N–H and O–H groups in total. The average molecular weight is 331 g/mol. The Morgan fingerprint density at radius 2 is 1.75 bits per heavy atom. The molecule has 0 heterocycles. The molecule has 0 fully saturated rings. The monoisotopic (exact) mass is 331 g/mol. The van der Waals surface area contributed by atoms with E-state index in [-0.39, 0.29) is 0 Å². The van der Waals surface area contributed by atoms with Crippen LogP contribution >= 0.6 is 0 Å². The number of methoxy groups -OCH3 is 2. The topological polar surface area (TPSA) is 60.0 Å². The lowest BCUT2D eigenvalue weighted by Crippen LogP contribution is -2.21. The van der Waals surface area contributed by atoms with E-state index in [0.29, 0.717) is 25.4 Å². The van der Waals surface area contributed by atoms with E-state index in [2.05, 4.69) is 5.32 Å². The van der Waals surface area contributed by atoms with Crippen LogP contribution in [0.15, 0.2) is 42.5 Å². The molecule has 0 saturated carbocycles. The van der Waals surface area contributed by atoms with Gasteiger partial charge >= 0.3 is 0 Å². The van der Waals surface area contributed by atoms with Gasteiger partial charge in [0.15, 0.2) is 11.5 Å². The fourth-order valence-electron chi connectivity index (χ4n) is 2.39. The van der Waals surface area contributed by atoms with E-state index in [0.717, 1.165) is 22.6 Å². The third-order valence-corrected chi connectivity index (χ3v) is 3.70. The Balaban J connectivity index is 1.88. The van der Waals surface area contributed by atoms with Crippen molar-refractivity contribution >= 4 is 0 Å². The van der Waals surface area contributed by atoms with E-state index in [1.165, 1.54) is 0 Å². The van der Waals surface area contributed by atoms with Gasteiger partial charge in [0.1, 0.15) is 5.75 Å². The van der Waals surface area contributed by atoms with Gasteiger partial charge in [-0.1, -0.05) is 18.2 Å². The molecular weight excluding hydrogens is 306 g/mol. The Hall–Kier alpha value is -2.24. The highest BCUT2D eigenvalue weighted by atomic mass is 16.5. The van der Waals surface area contributed by atoms with Gasteiger partial charge in [-0.05, 0) is 42.3 Å². The molecule has 0 aliphatic heterocycles. The van der Waals surface area contributed by atoms with Gasteiger partial charge in [-0.2, -0.15) is 0 Å². The third-order valence-electron chi connectivity index (χ3n) is 3.70. The Morgan fingerprint density at radius 1 is 1.00 bits per heavy atom. The molecule has 0 radical (unpaired) electrons. The molecule has 5 heteroatoms. The molecule has 2 rings (SSSR count). The van der Waals surface area contributed by atoms with Crippen molar-refractivity contribution in [3.63, 3.8) is 0 Å². The van der Waals surface area contributed by atoms with Gasteiger partial charge in [0.2, 0.25) is 0 Å². The number of ether oxygens (including phenoxy) is 3. The van der Waals surface area contributed by atoms with E-state index >= 15 is 0 Å². The van der Waals surface area contributed by atoms with Crippen molar-refractivity contribution in [3.05, 3.63) is 53.6 Å². The van der Waals surface area contributed by atoms with Crippen LogP contribution in [0.2, 0.25) is 0 Å². The minimum atomic E-state index is -0.569. The molecule has 24 heavy (non-hydrogen) atoms. The summed E-state index contributed by atoms with van der Waals surface area (Å²) in [7, 11) is 3.25. The van der Waals surface area contributed by atoms with Gasteiger partial charge in [0.25, 0.3) is 0 Å². The Morgan fingerprint density at radius 3 is 2.38 bits per heavy atom. The van der Waals surface area contributed by atoms with E-state index in [1.807, 2.05) is 49.4 Å². The lowest BCUT2D eigenvalue weighted by molar-refractivity contribution is 0.174. The lowest BCUT2D eigenvalue weighted by Gasteiger charge is -2.14. The summed E-state index contributed by atoms with van der Waals surface area (Å²) in [6.07, 6.45) is -0.569. The molecule has 2 aromatic rings. The Labute approximate surface area is 143 Å². The largest absolute Gasteiger partial charge is 0.497 e. The van der Waals surface area contributed by atoms with Gasteiger partial charge < -0.3 is 24.6 Å². The number of nitrogens with one attached hydrogen (secondary N) is 1. The highest BCUT2D eigenvalue weighted by molar-refractivity contribution is 5.43. The zero-order valence-electron chi connectivity index (χ0n) is 14.4. The second-order valence-corrected chi connectivity index (χ2v) is 5.34. The summed E-state index contributed by atoms with van der Waals surface area (Å²) in [6, 6.07) is 13.2. The number of aliphatic hydroxyl groups is 1. The summed E-state index contributed by atoms with van der Waals surface area (Å²) in [4.78, 5) is 0. The van der Waals surface area contributed by atoms with E-state index in [9.17, 15) is 5.11 Å². The van der Waals surface area contributed by atoms with Gasteiger partial charge in [0, 0.05) is 13.1 Å². The smallest absolute Gasteiger partial charge is 0.161 e. The molecule has 1 atom stereocenters. The molecule has 0 saturated heterocycles. The van der Waals surface area contributed by atoms with E-state index in [4.69, 9.17) is 14.2 Å². The normalized spacial score (nSPS) is 11.8. The summed E-state index contributed by atoms with van der Waals surface area (Å²) in [5.74, 6) is 2.23. The highest BCUT2D eigenvalue weighted by Gasteiger charge is 2.08. The van der Waals surface area contributed by atoms with Crippen LogP contribution in [0.3, 0.4) is 0 Å². The number of hydrogen-bond donors (Lipinski definition) is 2. The first kappa shape index (κ1) is 18.1. The molecule has 0 aromatic heterocycles. The van der Waals surface area contributed by atoms with E-state index < -0.39 is 6.10 Å². The zero-order valence-corrected chi connectivity index (χ0v) is 14.4. The minimum Gasteiger partial charge on any atom is -0.497 e. The molecule has 0 spiro atoms. The van der Waals surface area contributed by atoms with Crippen LogP contribution in [0.4, 0.5) is 0 Å². The predicted octanol–water partition coefficient (Wildman–Crippen LogP) is 2.93. The maximum Gasteiger partial charge on any atom is 0.161 e. The van der Waals surface area contributed by atoms with Crippen LogP contribution in [-0.2, 0) is 6.54 Å². The molecule has 0 bridgehead atoms. The van der Waals surface area contributed by atoms with Crippen molar-refractivity contribution in [3.8, 4) is 17.2 Å². The standard InChI is InChI=1S/C19H25NO4/c1-4-24-18-10-5-14(11-19(18)23-3)12-20-13-17(21)15-6-8-16(22-2)9-7-15/h5-11,17,20-21H,4,12-13H2,1-3H3. The van der Waals surface area contributed by atoms with Gasteiger partial charge in [-0.15, -0.1) is 0 Å². The van der Waals surface area contributed by atoms with Crippen LogP contribution in [0.1, 0.15) is 24.2 Å². The van der Waals surface area contributed by atoms with Crippen LogP contribution in [0.25, 0.3) is 0 Å². The Kier molecular flexibility index (Phi) is 6.90. The van der Waals surface area contributed by atoms with Gasteiger partial charge in [0.05, 0.1) is 26.9 Å². The number of aliphatic hydroxyl groups excluding tert-OH is 1. The summed E-state index contributed by atoms with van der Waals surface area (Å²) in [6.45, 7) is 3.63. The van der Waals surface area contributed by atoms with Crippen molar-refractivity contribution in [2.75, 3.05) is 27.4 Å². The maximum absolute atomic E-state index is 10.2. The van der Waals surface area contributed by atoms with Crippen molar-refractivity contribution in [2.24, 2.45) is 0 Å². The van der Waals surface area contributed by atoms with Gasteiger partial charge in [-0.25, -0.2) is 0 Å². The fourth-order valence-corrected chi connectivity index (χ4v) is 2.39. The zero-order chi connectivity index (χ0) is 17.4. The van der Waals surface area contributed by atoms with Crippen LogP contribution in [-0.4, -0.2) is 32.5 Å². The molecule has 2 aromatic carbocycles. The predicted molar refractivity (Wildman–Crippen MR) is 93.8 cm³/mol. The SMILES string of the molecule is CCOc1ccc(CNCC(O)c2ccc(OC)cc2)cc1OC. The summed E-state index contributed by atoms with van der Waals surface area (Å²) in [5, 5.41) is 13.5. The summed E-state index contributed by atoms with van der Waals surface area (Å²) >= 11 is 0. The Bertz CT molecular complexity index is 628.